The maximum atomic E-state index is 6.06. The molecule has 0 saturated carbocycles. The summed E-state index contributed by atoms with van der Waals surface area (Å²) < 4.78 is 12.1. The van der Waals surface area contributed by atoms with Gasteiger partial charge in [-0.05, 0) is 65.8 Å². The van der Waals surface area contributed by atoms with Gasteiger partial charge in [-0.1, -0.05) is 103 Å². The first-order valence-electron chi connectivity index (χ1n) is 13.8. The molecule has 2 aromatic rings. The molecule has 0 heterocycles. The van der Waals surface area contributed by atoms with Crippen LogP contribution in [0.25, 0.3) is 11.1 Å². The standard InChI is InChI=1S/C31H46O2/c1-3-5-7-9-11-13-15-21-32-28-17-19-30-26(24-28)23-27-25-29(18-20-31(27)30)33-22-16-14-12-10-8-6-4-2/h17-20,24-25H,3-16,21-23H2,1-2H3. The highest BCUT2D eigenvalue weighted by Crippen LogP contribution is 2.40. The Morgan fingerprint density at radius 1 is 0.515 bits per heavy atom. The smallest absolute Gasteiger partial charge is 0.119 e. The third-order valence-electron chi connectivity index (χ3n) is 6.86. The van der Waals surface area contributed by atoms with Gasteiger partial charge in [-0.2, -0.15) is 0 Å². The first-order chi connectivity index (χ1) is 16.3. The Bertz CT molecular complexity index is 743. The first kappa shape index (κ1) is 25.7. The highest BCUT2D eigenvalue weighted by molar-refractivity contribution is 5.78. The Kier molecular flexibility index (Phi) is 11.7. The lowest BCUT2D eigenvalue weighted by molar-refractivity contribution is 0.304. The Morgan fingerprint density at radius 2 is 0.909 bits per heavy atom. The number of ether oxygens (including phenoxy) is 2. The van der Waals surface area contributed by atoms with Gasteiger partial charge in [-0.25, -0.2) is 0 Å². The number of benzene rings is 2. The maximum absolute atomic E-state index is 6.06. The summed E-state index contributed by atoms with van der Waals surface area (Å²) in [5, 5.41) is 0. The quantitative estimate of drug-likeness (QED) is 0.180. The van der Waals surface area contributed by atoms with Gasteiger partial charge in [0, 0.05) is 0 Å². The first-order valence-corrected chi connectivity index (χ1v) is 13.8. The Balaban J connectivity index is 1.37. The van der Waals surface area contributed by atoms with Gasteiger partial charge in [0.05, 0.1) is 13.2 Å². The topological polar surface area (TPSA) is 18.5 Å². The zero-order valence-electron chi connectivity index (χ0n) is 21.3. The summed E-state index contributed by atoms with van der Waals surface area (Å²) in [5.41, 5.74) is 5.47. The lowest BCUT2D eigenvalue weighted by Crippen LogP contribution is -1.98. The van der Waals surface area contributed by atoms with E-state index in [1.807, 2.05) is 0 Å². The molecule has 2 nitrogen and oxygen atoms in total. The van der Waals surface area contributed by atoms with Gasteiger partial charge in [0.2, 0.25) is 0 Å². The van der Waals surface area contributed by atoms with Gasteiger partial charge in [0.25, 0.3) is 0 Å². The normalized spacial score (nSPS) is 11.9. The summed E-state index contributed by atoms with van der Waals surface area (Å²) >= 11 is 0. The SMILES string of the molecule is CCCCCCCCCOc1ccc2c(c1)Cc1cc(OCCCCCCCCC)ccc1-2. The molecule has 0 unspecified atom stereocenters. The summed E-state index contributed by atoms with van der Waals surface area (Å²) in [6, 6.07) is 13.2. The summed E-state index contributed by atoms with van der Waals surface area (Å²) in [4.78, 5) is 0. The minimum Gasteiger partial charge on any atom is -0.494 e. The molecule has 0 fully saturated rings. The van der Waals surface area contributed by atoms with Gasteiger partial charge >= 0.3 is 0 Å². The molecule has 0 aliphatic heterocycles. The minimum atomic E-state index is 0.829. The van der Waals surface area contributed by atoms with Crippen LogP contribution in [0.15, 0.2) is 36.4 Å². The van der Waals surface area contributed by atoms with Crippen LogP contribution >= 0.6 is 0 Å². The summed E-state index contributed by atoms with van der Waals surface area (Å²) in [6.45, 7) is 6.20. The molecule has 0 aromatic heterocycles. The second-order valence-electron chi connectivity index (χ2n) is 9.75. The third-order valence-corrected chi connectivity index (χ3v) is 6.86. The van der Waals surface area contributed by atoms with Crippen molar-refractivity contribution < 1.29 is 9.47 Å². The molecule has 0 bridgehead atoms. The average Bonchev–Trinajstić information content (AvgIpc) is 3.19. The molecule has 1 aliphatic carbocycles. The van der Waals surface area contributed by atoms with Gasteiger partial charge in [-0.3, -0.25) is 0 Å². The number of fused-ring (bicyclic) bond motifs is 3. The second-order valence-corrected chi connectivity index (χ2v) is 9.75. The lowest BCUT2D eigenvalue weighted by atomic mass is 10.1. The predicted octanol–water partition coefficient (Wildman–Crippen LogP) is 9.52. The predicted molar refractivity (Wildman–Crippen MR) is 142 cm³/mol. The number of rotatable bonds is 18. The highest BCUT2D eigenvalue weighted by Gasteiger charge is 2.19. The largest absolute Gasteiger partial charge is 0.494 e. The maximum Gasteiger partial charge on any atom is 0.119 e. The van der Waals surface area contributed by atoms with Crippen molar-refractivity contribution in [2.75, 3.05) is 13.2 Å². The number of hydrogen-bond acceptors (Lipinski definition) is 2. The zero-order chi connectivity index (χ0) is 23.1. The Hall–Kier alpha value is -1.96. The molecule has 0 N–H and O–H groups in total. The van der Waals surface area contributed by atoms with Crippen molar-refractivity contribution >= 4 is 0 Å². The fourth-order valence-corrected chi connectivity index (χ4v) is 4.84. The number of hydrogen-bond donors (Lipinski definition) is 0. The van der Waals surface area contributed by atoms with Crippen molar-refractivity contribution in [2.45, 2.75) is 110 Å². The molecule has 2 aromatic carbocycles. The fourth-order valence-electron chi connectivity index (χ4n) is 4.84. The van der Waals surface area contributed by atoms with Crippen molar-refractivity contribution in [3.05, 3.63) is 47.5 Å². The van der Waals surface area contributed by atoms with Crippen molar-refractivity contribution in [3.8, 4) is 22.6 Å². The van der Waals surface area contributed by atoms with Crippen LogP contribution in [0.5, 0.6) is 11.5 Å². The van der Waals surface area contributed by atoms with Crippen LogP contribution in [0.3, 0.4) is 0 Å². The summed E-state index contributed by atoms with van der Waals surface area (Å²) in [7, 11) is 0. The zero-order valence-corrected chi connectivity index (χ0v) is 21.3. The molecule has 33 heavy (non-hydrogen) atoms. The van der Waals surface area contributed by atoms with E-state index in [1.165, 1.54) is 99.3 Å². The van der Waals surface area contributed by atoms with E-state index < -0.39 is 0 Å². The molecule has 2 heteroatoms. The van der Waals surface area contributed by atoms with E-state index in [0.717, 1.165) is 44.0 Å². The van der Waals surface area contributed by atoms with Crippen LogP contribution in [0.4, 0.5) is 0 Å². The molecule has 0 saturated heterocycles. The average molecular weight is 451 g/mol. The van der Waals surface area contributed by atoms with Crippen molar-refractivity contribution in [1.29, 1.82) is 0 Å². The van der Waals surface area contributed by atoms with Crippen LogP contribution in [0.1, 0.15) is 115 Å². The molecule has 0 radical (unpaired) electrons. The second kappa shape index (κ2) is 15.0. The van der Waals surface area contributed by atoms with Crippen molar-refractivity contribution in [3.63, 3.8) is 0 Å². The Morgan fingerprint density at radius 3 is 1.33 bits per heavy atom. The molecular formula is C31H46O2. The lowest BCUT2D eigenvalue weighted by Gasteiger charge is -2.09. The van der Waals surface area contributed by atoms with E-state index in [0.29, 0.717) is 0 Å². The molecule has 1 aliphatic rings. The van der Waals surface area contributed by atoms with Gasteiger partial charge < -0.3 is 9.47 Å². The van der Waals surface area contributed by atoms with Gasteiger partial charge in [0.15, 0.2) is 0 Å². The monoisotopic (exact) mass is 450 g/mol. The van der Waals surface area contributed by atoms with E-state index in [-0.39, 0.29) is 0 Å². The van der Waals surface area contributed by atoms with Crippen molar-refractivity contribution in [2.24, 2.45) is 0 Å². The van der Waals surface area contributed by atoms with Crippen LogP contribution < -0.4 is 9.47 Å². The summed E-state index contributed by atoms with van der Waals surface area (Å²) in [6.07, 6.45) is 19.4. The molecule has 0 atom stereocenters. The Labute approximate surface area is 203 Å². The van der Waals surface area contributed by atoms with Gasteiger partial charge in [-0.15, -0.1) is 0 Å². The van der Waals surface area contributed by atoms with E-state index in [4.69, 9.17) is 9.47 Å². The van der Waals surface area contributed by atoms with Crippen molar-refractivity contribution in [1.82, 2.24) is 0 Å². The van der Waals surface area contributed by atoms with Crippen LogP contribution in [0.2, 0.25) is 0 Å². The van der Waals surface area contributed by atoms with Crippen LogP contribution in [0, 0.1) is 0 Å². The molecule has 3 rings (SSSR count). The van der Waals surface area contributed by atoms with E-state index in [1.54, 1.807) is 0 Å². The molecule has 0 spiro atoms. The molecule has 0 amide bonds. The van der Waals surface area contributed by atoms with Crippen LogP contribution in [-0.4, -0.2) is 13.2 Å². The van der Waals surface area contributed by atoms with E-state index in [9.17, 15) is 0 Å². The van der Waals surface area contributed by atoms with E-state index in [2.05, 4.69) is 50.2 Å². The van der Waals surface area contributed by atoms with Gasteiger partial charge in [0.1, 0.15) is 11.5 Å². The van der Waals surface area contributed by atoms with Crippen LogP contribution in [-0.2, 0) is 6.42 Å². The fraction of sp³-hybridized carbons (Fsp3) is 0.613. The molecular weight excluding hydrogens is 404 g/mol. The minimum absolute atomic E-state index is 0.829. The highest BCUT2D eigenvalue weighted by atomic mass is 16.5. The molecule has 182 valence electrons. The van der Waals surface area contributed by atoms with E-state index >= 15 is 0 Å². The summed E-state index contributed by atoms with van der Waals surface area (Å²) in [5.74, 6) is 2.03. The number of unbranched alkanes of at least 4 members (excludes halogenated alkanes) is 12. The third kappa shape index (κ3) is 8.72.